The number of nitrogens with zero attached hydrogens (tertiary/aromatic N) is 2. The molecule has 2 fully saturated rings. The van der Waals surface area contributed by atoms with E-state index in [1.807, 2.05) is 0 Å². The Kier molecular flexibility index (Phi) is 4.57. The van der Waals surface area contributed by atoms with Crippen LogP contribution in [0.15, 0.2) is 24.3 Å². The summed E-state index contributed by atoms with van der Waals surface area (Å²) < 4.78 is 13.7. The molecule has 0 saturated carbocycles. The van der Waals surface area contributed by atoms with Crippen LogP contribution >= 0.6 is 0 Å². The minimum Gasteiger partial charge on any atom is -0.388 e. The maximum absolute atomic E-state index is 13.7. The summed E-state index contributed by atoms with van der Waals surface area (Å²) in [5.74, 6) is -0.307. The lowest BCUT2D eigenvalue weighted by atomic mass is 10.0. The van der Waals surface area contributed by atoms with Crippen LogP contribution in [0.3, 0.4) is 0 Å². The fraction of sp³-hybridized carbons (Fsp3) is 0.647. The van der Waals surface area contributed by atoms with Crippen LogP contribution < -0.4 is 0 Å². The molecule has 0 aromatic heterocycles. The second-order valence-corrected chi connectivity index (χ2v) is 6.46. The summed E-state index contributed by atoms with van der Waals surface area (Å²) >= 11 is 0. The lowest BCUT2D eigenvalue weighted by molar-refractivity contribution is 0.0454. The predicted octanol–water partition coefficient (Wildman–Crippen LogP) is 2.42. The second-order valence-electron chi connectivity index (χ2n) is 6.46. The Morgan fingerprint density at radius 2 is 2.14 bits per heavy atom. The average Bonchev–Trinajstić information content (AvgIpc) is 2.92. The van der Waals surface area contributed by atoms with Gasteiger partial charge in [0.2, 0.25) is 0 Å². The molecule has 1 aromatic rings. The minimum absolute atomic E-state index is 0.307. The Morgan fingerprint density at radius 1 is 1.33 bits per heavy atom. The van der Waals surface area contributed by atoms with Crippen molar-refractivity contribution in [3.05, 3.63) is 35.6 Å². The van der Waals surface area contributed by atoms with Crippen molar-refractivity contribution >= 4 is 0 Å². The standard InChI is InChI=1S/C17H25FN2O/c1-13-11-20-9-4-5-14(20)12-19(13)10-8-17(21)15-6-2-3-7-16(15)18/h2-3,6-7,13-14,17,21H,4-5,8-12H2,1H3. The maximum Gasteiger partial charge on any atom is 0.128 e. The second kappa shape index (κ2) is 6.42. The van der Waals surface area contributed by atoms with E-state index in [4.69, 9.17) is 0 Å². The van der Waals surface area contributed by atoms with Crippen LogP contribution in [0.2, 0.25) is 0 Å². The number of benzene rings is 1. The molecule has 3 nitrogen and oxygen atoms in total. The molecule has 0 spiro atoms. The fourth-order valence-corrected chi connectivity index (χ4v) is 3.75. The van der Waals surface area contributed by atoms with E-state index in [-0.39, 0.29) is 5.82 Å². The molecule has 4 heteroatoms. The highest BCUT2D eigenvalue weighted by molar-refractivity contribution is 5.19. The first-order valence-electron chi connectivity index (χ1n) is 8.05. The lowest BCUT2D eigenvalue weighted by Gasteiger charge is -2.42. The first kappa shape index (κ1) is 14.9. The Balaban J connectivity index is 1.56. The van der Waals surface area contributed by atoms with Crippen molar-refractivity contribution < 1.29 is 9.50 Å². The molecule has 21 heavy (non-hydrogen) atoms. The number of hydrogen-bond acceptors (Lipinski definition) is 3. The number of hydrogen-bond donors (Lipinski definition) is 1. The zero-order valence-electron chi connectivity index (χ0n) is 12.7. The van der Waals surface area contributed by atoms with E-state index < -0.39 is 6.10 Å². The highest BCUT2D eigenvalue weighted by Gasteiger charge is 2.34. The van der Waals surface area contributed by atoms with Crippen LogP contribution in [-0.2, 0) is 0 Å². The van der Waals surface area contributed by atoms with Crippen LogP contribution in [-0.4, -0.2) is 53.2 Å². The number of aliphatic hydroxyl groups is 1. The molecule has 0 radical (unpaired) electrons. The number of aliphatic hydroxyl groups excluding tert-OH is 1. The molecule has 1 aromatic carbocycles. The molecule has 3 rings (SSSR count). The van der Waals surface area contributed by atoms with Crippen molar-refractivity contribution in [2.45, 2.75) is 44.4 Å². The van der Waals surface area contributed by atoms with Gasteiger partial charge in [-0.2, -0.15) is 0 Å². The molecule has 2 heterocycles. The van der Waals surface area contributed by atoms with Gasteiger partial charge in [0.25, 0.3) is 0 Å². The number of rotatable bonds is 4. The summed E-state index contributed by atoms with van der Waals surface area (Å²) in [7, 11) is 0. The monoisotopic (exact) mass is 292 g/mol. The quantitative estimate of drug-likeness (QED) is 0.923. The van der Waals surface area contributed by atoms with Crippen LogP contribution in [0.4, 0.5) is 4.39 Å². The first-order chi connectivity index (χ1) is 10.1. The van der Waals surface area contributed by atoms with Gasteiger partial charge >= 0.3 is 0 Å². The van der Waals surface area contributed by atoms with Gasteiger partial charge in [0.05, 0.1) is 6.10 Å². The molecular weight excluding hydrogens is 267 g/mol. The van der Waals surface area contributed by atoms with Crippen molar-refractivity contribution in [3.8, 4) is 0 Å². The van der Waals surface area contributed by atoms with Gasteiger partial charge in [-0.1, -0.05) is 18.2 Å². The third kappa shape index (κ3) is 3.28. The minimum atomic E-state index is -0.708. The van der Waals surface area contributed by atoms with Gasteiger partial charge in [-0.15, -0.1) is 0 Å². The molecule has 2 saturated heterocycles. The molecule has 3 atom stereocenters. The third-order valence-electron chi connectivity index (χ3n) is 5.02. The summed E-state index contributed by atoms with van der Waals surface area (Å²) in [5, 5.41) is 10.2. The summed E-state index contributed by atoms with van der Waals surface area (Å²) in [6, 6.07) is 7.74. The summed E-state index contributed by atoms with van der Waals surface area (Å²) in [4.78, 5) is 5.05. The first-order valence-corrected chi connectivity index (χ1v) is 8.05. The molecular formula is C17H25FN2O. The SMILES string of the molecule is CC1CN2CCCC2CN1CCC(O)c1ccccc1F. The predicted molar refractivity (Wildman–Crippen MR) is 81.6 cm³/mol. The number of halogens is 1. The van der Waals surface area contributed by atoms with E-state index in [9.17, 15) is 9.50 Å². The van der Waals surface area contributed by atoms with E-state index in [0.29, 0.717) is 24.1 Å². The van der Waals surface area contributed by atoms with E-state index in [0.717, 1.165) is 19.6 Å². The molecule has 0 bridgehead atoms. The highest BCUT2D eigenvalue weighted by atomic mass is 19.1. The largest absolute Gasteiger partial charge is 0.388 e. The van der Waals surface area contributed by atoms with Crippen molar-refractivity contribution in [2.75, 3.05) is 26.2 Å². The van der Waals surface area contributed by atoms with Crippen LogP contribution in [0.1, 0.15) is 37.9 Å². The Bertz CT molecular complexity index is 482. The van der Waals surface area contributed by atoms with Crippen LogP contribution in [0.25, 0.3) is 0 Å². The normalized spacial score (nSPS) is 28.5. The topological polar surface area (TPSA) is 26.7 Å². The van der Waals surface area contributed by atoms with E-state index in [1.165, 1.54) is 25.5 Å². The molecule has 2 aliphatic rings. The van der Waals surface area contributed by atoms with Gasteiger partial charge in [-0.25, -0.2) is 4.39 Å². The van der Waals surface area contributed by atoms with Gasteiger partial charge in [0, 0.05) is 37.3 Å². The Labute approximate surface area is 126 Å². The summed E-state index contributed by atoms with van der Waals surface area (Å²) in [6.45, 7) is 6.54. The van der Waals surface area contributed by atoms with Gasteiger partial charge in [-0.3, -0.25) is 9.80 Å². The Hall–Kier alpha value is -0.970. The molecule has 0 aliphatic carbocycles. The van der Waals surface area contributed by atoms with Gasteiger partial charge in [0.1, 0.15) is 5.82 Å². The van der Waals surface area contributed by atoms with Crippen molar-refractivity contribution in [3.63, 3.8) is 0 Å². The smallest absolute Gasteiger partial charge is 0.128 e. The number of fused-ring (bicyclic) bond motifs is 1. The van der Waals surface area contributed by atoms with E-state index in [1.54, 1.807) is 18.2 Å². The Morgan fingerprint density at radius 3 is 2.95 bits per heavy atom. The van der Waals surface area contributed by atoms with Crippen molar-refractivity contribution in [1.29, 1.82) is 0 Å². The van der Waals surface area contributed by atoms with Gasteiger partial charge in [0.15, 0.2) is 0 Å². The fourth-order valence-electron chi connectivity index (χ4n) is 3.75. The zero-order valence-corrected chi connectivity index (χ0v) is 12.7. The number of piperazine rings is 1. The molecule has 1 N–H and O–H groups in total. The van der Waals surface area contributed by atoms with Crippen LogP contribution in [0.5, 0.6) is 0 Å². The molecule has 2 aliphatic heterocycles. The van der Waals surface area contributed by atoms with E-state index in [2.05, 4.69) is 16.7 Å². The third-order valence-corrected chi connectivity index (χ3v) is 5.02. The lowest BCUT2D eigenvalue weighted by Crippen LogP contribution is -2.55. The average molecular weight is 292 g/mol. The molecule has 3 unspecified atom stereocenters. The molecule has 0 amide bonds. The van der Waals surface area contributed by atoms with Gasteiger partial charge < -0.3 is 5.11 Å². The van der Waals surface area contributed by atoms with Crippen molar-refractivity contribution in [1.82, 2.24) is 9.80 Å². The van der Waals surface area contributed by atoms with Crippen molar-refractivity contribution in [2.24, 2.45) is 0 Å². The molecule has 116 valence electrons. The summed E-state index contributed by atoms with van der Waals surface area (Å²) in [5.41, 5.74) is 0.421. The van der Waals surface area contributed by atoms with Crippen LogP contribution in [0, 0.1) is 5.82 Å². The van der Waals surface area contributed by atoms with E-state index >= 15 is 0 Å². The highest BCUT2D eigenvalue weighted by Crippen LogP contribution is 2.26. The van der Waals surface area contributed by atoms with Gasteiger partial charge in [-0.05, 0) is 38.8 Å². The summed E-state index contributed by atoms with van der Waals surface area (Å²) in [6.07, 6.45) is 2.49. The maximum atomic E-state index is 13.7. The zero-order chi connectivity index (χ0) is 14.8.